The van der Waals surface area contributed by atoms with E-state index in [1.54, 1.807) is 6.92 Å². The first kappa shape index (κ1) is 24.6. The molecule has 0 unspecified atom stereocenters. The minimum Gasteiger partial charge on any atom is -0.450 e. The molecule has 1 amide bonds. The van der Waals surface area contributed by atoms with Crippen LogP contribution < -0.4 is 5.09 Å². The predicted molar refractivity (Wildman–Crippen MR) is 106 cm³/mol. The van der Waals surface area contributed by atoms with Gasteiger partial charge in [0.25, 0.3) is 8.53 Å². The highest BCUT2D eigenvalue weighted by atomic mass is 31.2. The van der Waals surface area contributed by atoms with E-state index in [9.17, 15) is 4.79 Å². The fourth-order valence-electron chi connectivity index (χ4n) is 2.40. The summed E-state index contributed by atoms with van der Waals surface area (Å²) in [5.74, 6) is 0. The summed E-state index contributed by atoms with van der Waals surface area (Å²) in [5.41, 5.74) is 0. The fraction of sp³-hybridized carbons (Fsp3) is 0.947. The molecule has 1 N–H and O–H groups in total. The SMILES string of the molecule is CCCCCCCCOP(NC(=O)OCC)OCCCCCCCC. The van der Waals surface area contributed by atoms with Crippen LogP contribution in [0.5, 0.6) is 0 Å². The lowest BCUT2D eigenvalue weighted by atomic mass is 10.1. The Kier molecular flexibility index (Phi) is 19.6. The summed E-state index contributed by atoms with van der Waals surface area (Å²) >= 11 is 0. The first-order valence-corrected chi connectivity index (χ1v) is 11.4. The van der Waals surface area contributed by atoms with Crippen molar-refractivity contribution in [1.82, 2.24) is 5.09 Å². The summed E-state index contributed by atoms with van der Waals surface area (Å²) in [6.07, 6.45) is 14.1. The number of rotatable bonds is 18. The van der Waals surface area contributed by atoms with Crippen LogP contribution in [0.3, 0.4) is 0 Å². The average molecular weight is 378 g/mol. The summed E-state index contributed by atoms with van der Waals surface area (Å²) < 4.78 is 16.4. The molecule has 0 rings (SSSR count). The zero-order valence-electron chi connectivity index (χ0n) is 16.7. The van der Waals surface area contributed by atoms with Gasteiger partial charge in [-0.25, -0.2) is 4.79 Å². The van der Waals surface area contributed by atoms with Gasteiger partial charge in [-0.15, -0.1) is 0 Å². The van der Waals surface area contributed by atoms with Gasteiger partial charge in [-0.3, -0.25) is 5.09 Å². The standard InChI is InChI=1S/C19H40NO4P/c1-4-7-9-11-13-15-17-23-25(20-19(21)22-6-3)24-18-16-14-12-10-8-5-2/h4-18H2,1-3H3,(H,20,21). The summed E-state index contributed by atoms with van der Waals surface area (Å²) in [5, 5.41) is 2.70. The number of hydrogen-bond acceptors (Lipinski definition) is 4. The molecule has 0 aliphatic carbocycles. The lowest BCUT2D eigenvalue weighted by Gasteiger charge is -2.17. The van der Waals surface area contributed by atoms with Gasteiger partial charge in [-0.2, -0.15) is 0 Å². The molecule has 150 valence electrons. The summed E-state index contributed by atoms with van der Waals surface area (Å²) in [6, 6.07) is 0. The number of hydrogen-bond donors (Lipinski definition) is 1. The molecule has 0 aliphatic heterocycles. The van der Waals surface area contributed by atoms with Crippen molar-refractivity contribution in [3.8, 4) is 0 Å². The second kappa shape index (κ2) is 19.9. The number of ether oxygens (including phenoxy) is 1. The summed E-state index contributed by atoms with van der Waals surface area (Å²) in [4.78, 5) is 11.6. The van der Waals surface area contributed by atoms with Crippen molar-refractivity contribution in [3.05, 3.63) is 0 Å². The van der Waals surface area contributed by atoms with E-state index in [-0.39, 0.29) is 0 Å². The van der Waals surface area contributed by atoms with Crippen molar-refractivity contribution in [2.75, 3.05) is 19.8 Å². The first-order chi connectivity index (χ1) is 12.2. The van der Waals surface area contributed by atoms with Crippen LogP contribution in [0.4, 0.5) is 4.79 Å². The van der Waals surface area contributed by atoms with Crippen molar-refractivity contribution >= 4 is 14.6 Å². The number of carbonyl (C=O) groups is 1. The van der Waals surface area contributed by atoms with Crippen molar-refractivity contribution in [2.45, 2.75) is 97.8 Å². The van der Waals surface area contributed by atoms with Crippen LogP contribution in [0.1, 0.15) is 97.8 Å². The average Bonchev–Trinajstić information content (AvgIpc) is 2.60. The van der Waals surface area contributed by atoms with E-state index in [1.165, 1.54) is 64.2 Å². The molecule has 0 aromatic rings. The van der Waals surface area contributed by atoms with Gasteiger partial charge in [0.15, 0.2) is 0 Å². The number of carbonyl (C=O) groups excluding carboxylic acids is 1. The minimum atomic E-state index is -1.39. The third-order valence-corrected chi connectivity index (χ3v) is 5.07. The fourth-order valence-corrected chi connectivity index (χ4v) is 3.41. The molecule has 0 saturated carbocycles. The van der Waals surface area contributed by atoms with E-state index in [4.69, 9.17) is 13.8 Å². The molecule has 0 bridgehead atoms. The van der Waals surface area contributed by atoms with Crippen LogP contribution in [0.2, 0.25) is 0 Å². The van der Waals surface area contributed by atoms with Crippen LogP contribution in [0.25, 0.3) is 0 Å². The smallest absolute Gasteiger partial charge is 0.413 e. The van der Waals surface area contributed by atoms with E-state index in [0.717, 1.165) is 12.8 Å². The summed E-state index contributed by atoms with van der Waals surface area (Å²) in [7, 11) is -1.39. The molecule has 0 fully saturated rings. The molecule has 6 heteroatoms. The zero-order chi connectivity index (χ0) is 18.6. The topological polar surface area (TPSA) is 56.8 Å². The molecule has 0 spiro atoms. The van der Waals surface area contributed by atoms with Crippen molar-refractivity contribution in [3.63, 3.8) is 0 Å². The van der Waals surface area contributed by atoms with Crippen molar-refractivity contribution < 1.29 is 18.6 Å². The Labute approximate surface area is 156 Å². The van der Waals surface area contributed by atoms with Gasteiger partial charge >= 0.3 is 6.09 Å². The van der Waals surface area contributed by atoms with Gasteiger partial charge in [-0.1, -0.05) is 78.1 Å². The normalized spacial score (nSPS) is 11.0. The maximum absolute atomic E-state index is 11.6. The lowest BCUT2D eigenvalue weighted by molar-refractivity contribution is 0.153. The molecular formula is C19H40NO4P. The molecule has 0 aromatic heterocycles. The Morgan fingerprint density at radius 1 is 0.720 bits per heavy atom. The van der Waals surface area contributed by atoms with Gasteiger partial charge < -0.3 is 13.8 Å². The van der Waals surface area contributed by atoms with E-state index >= 15 is 0 Å². The molecule has 5 nitrogen and oxygen atoms in total. The molecule has 0 heterocycles. The second-order valence-corrected chi connectivity index (χ2v) is 7.55. The molecule has 0 aromatic carbocycles. The van der Waals surface area contributed by atoms with Crippen molar-refractivity contribution in [2.24, 2.45) is 0 Å². The highest BCUT2D eigenvalue weighted by Crippen LogP contribution is 2.34. The van der Waals surface area contributed by atoms with E-state index in [2.05, 4.69) is 18.9 Å². The number of unbranched alkanes of at least 4 members (excludes halogenated alkanes) is 10. The first-order valence-electron chi connectivity index (χ1n) is 10.2. The quantitative estimate of drug-likeness (QED) is 0.213. The highest BCUT2D eigenvalue weighted by molar-refractivity contribution is 7.45. The Morgan fingerprint density at radius 3 is 1.60 bits per heavy atom. The van der Waals surface area contributed by atoms with Gasteiger partial charge in [-0.05, 0) is 19.8 Å². The van der Waals surface area contributed by atoms with Gasteiger partial charge in [0, 0.05) is 0 Å². The zero-order valence-corrected chi connectivity index (χ0v) is 17.6. The Morgan fingerprint density at radius 2 is 1.16 bits per heavy atom. The number of nitrogens with one attached hydrogen (secondary N) is 1. The molecule has 0 atom stereocenters. The molecular weight excluding hydrogens is 337 g/mol. The maximum atomic E-state index is 11.6. The minimum absolute atomic E-state index is 0.351. The Bertz CT molecular complexity index is 275. The van der Waals surface area contributed by atoms with E-state index in [0.29, 0.717) is 19.8 Å². The monoisotopic (exact) mass is 377 g/mol. The third kappa shape index (κ3) is 18.2. The lowest BCUT2D eigenvalue weighted by Crippen LogP contribution is -2.21. The van der Waals surface area contributed by atoms with Gasteiger partial charge in [0.05, 0.1) is 19.8 Å². The van der Waals surface area contributed by atoms with Crippen LogP contribution in [0.15, 0.2) is 0 Å². The van der Waals surface area contributed by atoms with E-state index < -0.39 is 14.6 Å². The van der Waals surface area contributed by atoms with Crippen LogP contribution in [-0.4, -0.2) is 25.9 Å². The van der Waals surface area contributed by atoms with Gasteiger partial charge in [0.2, 0.25) is 0 Å². The van der Waals surface area contributed by atoms with Crippen LogP contribution in [-0.2, 0) is 13.8 Å². The van der Waals surface area contributed by atoms with Crippen molar-refractivity contribution in [1.29, 1.82) is 0 Å². The highest BCUT2D eigenvalue weighted by Gasteiger charge is 2.15. The molecule has 0 saturated heterocycles. The molecule has 25 heavy (non-hydrogen) atoms. The predicted octanol–water partition coefficient (Wildman–Crippen LogP) is 6.71. The number of amides is 1. The maximum Gasteiger partial charge on any atom is 0.413 e. The summed E-state index contributed by atoms with van der Waals surface area (Å²) in [6.45, 7) is 7.83. The second-order valence-electron chi connectivity index (χ2n) is 6.29. The molecule has 0 aliphatic rings. The van der Waals surface area contributed by atoms with Crippen LogP contribution in [0, 0.1) is 0 Å². The third-order valence-electron chi connectivity index (χ3n) is 3.87. The van der Waals surface area contributed by atoms with Gasteiger partial charge in [0.1, 0.15) is 0 Å². The molecule has 0 radical (unpaired) electrons. The Hall–Kier alpha value is -0.380. The Balaban J connectivity index is 3.84. The van der Waals surface area contributed by atoms with E-state index in [1.807, 2.05) is 0 Å². The van der Waals surface area contributed by atoms with Crippen LogP contribution >= 0.6 is 8.53 Å². The largest absolute Gasteiger partial charge is 0.450 e.